The van der Waals surface area contributed by atoms with E-state index in [1.54, 1.807) is 6.20 Å². The number of ether oxygens (including phenoxy) is 1. The Hall–Kier alpha value is -2.67. The van der Waals surface area contributed by atoms with Gasteiger partial charge in [0, 0.05) is 49.7 Å². The predicted octanol–water partition coefficient (Wildman–Crippen LogP) is 2.98. The second-order valence-corrected chi connectivity index (χ2v) is 8.88. The minimum Gasteiger partial charge on any atom is -0.372 e. The summed E-state index contributed by atoms with van der Waals surface area (Å²) in [5.74, 6) is 1.05. The molecule has 2 amide bonds. The fourth-order valence-corrected chi connectivity index (χ4v) is 4.93. The van der Waals surface area contributed by atoms with Gasteiger partial charge in [0.2, 0.25) is 5.91 Å². The maximum atomic E-state index is 13.3. The standard InChI is InChI=1S/C24H32N4O3/c1-16-13-21(19(4)28(16)22-7-5-6-10-25-22)24(30)26-11-8-20(9-12-26)23(29)27-14-17(2)31-18(3)15-27/h5-7,10,13,17-18,20H,8-9,11-12,14-15H2,1-4H3. The molecule has 7 heteroatoms. The molecule has 0 bridgehead atoms. The van der Waals surface area contributed by atoms with Crippen LogP contribution in [0.2, 0.25) is 0 Å². The summed E-state index contributed by atoms with van der Waals surface area (Å²) in [5.41, 5.74) is 2.60. The lowest BCUT2D eigenvalue weighted by molar-refractivity contribution is -0.148. The average Bonchev–Trinajstić information content (AvgIpc) is 3.06. The van der Waals surface area contributed by atoms with Crippen molar-refractivity contribution in [3.8, 4) is 5.82 Å². The molecule has 2 unspecified atom stereocenters. The van der Waals surface area contributed by atoms with Crippen LogP contribution in [0.25, 0.3) is 5.82 Å². The number of morpholine rings is 1. The number of aryl methyl sites for hydroxylation is 1. The summed E-state index contributed by atoms with van der Waals surface area (Å²) < 4.78 is 7.77. The molecule has 166 valence electrons. The van der Waals surface area contributed by atoms with E-state index in [1.807, 2.05) is 66.3 Å². The Bertz CT molecular complexity index is 937. The molecule has 2 saturated heterocycles. The number of carbonyl (C=O) groups excluding carboxylic acids is 2. The van der Waals surface area contributed by atoms with Crippen LogP contribution in [0.3, 0.4) is 0 Å². The van der Waals surface area contributed by atoms with Gasteiger partial charge in [-0.15, -0.1) is 0 Å². The van der Waals surface area contributed by atoms with Crippen LogP contribution in [0.15, 0.2) is 30.5 Å². The van der Waals surface area contributed by atoms with Crippen molar-refractivity contribution in [1.29, 1.82) is 0 Å². The Morgan fingerprint density at radius 3 is 2.32 bits per heavy atom. The predicted molar refractivity (Wildman–Crippen MR) is 118 cm³/mol. The highest BCUT2D eigenvalue weighted by Gasteiger charge is 2.34. The fraction of sp³-hybridized carbons (Fsp3) is 0.542. The quantitative estimate of drug-likeness (QED) is 0.760. The van der Waals surface area contributed by atoms with Crippen LogP contribution in [0, 0.1) is 19.8 Å². The number of hydrogen-bond acceptors (Lipinski definition) is 4. The van der Waals surface area contributed by atoms with Crippen molar-refractivity contribution >= 4 is 11.8 Å². The Morgan fingerprint density at radius 1 is 1.03 bits per heavy atom. The molecule has 2 fully saturated rings. The van der Waals surface area contributed by atoms with Crippen molar-refractivity contribution in [2.45, 2.75) is 52.7 Å². The van der Waals surface area contributed by atoms with Crippen LogP contribution < -0.4 is 0 Å². The number of nitrogens with zero attached hydrogens (tertiary/aromatic N) is 4. The van der Waals surface area contributed by atoms with E-state index in [0.29, 0.717) is 44.6 Å². The summed E-state index contributed by atoms with van der Waals surface area (Å²) in [5, 5.41) is 0. The van der Waals surface area contributed by atoms with Gasteiger partial charge in [-0.05, 0) is 58.7 Å². The molecule has 2 aliphatic rings. The highest BCUT2D eigenvalue weighted by molar-refractivity contribution is 5.96. The largest absolute Gasteiger partial charge is 0.372 e. The van der Waals surface area contributed by atoms with E-state index in [9.17, 15) is 9.59 Å². The number of pyridine rings is 1. The molecule has 0 spiro atoms. The highest BCUT2D eigenvalue weighted by atomic mass is 16.5. The maximum Gasteiger partial charge on any atom is 0.255 e. The van der Waals surface area contributed by atoms with E-state index >= 15 is 0 Å². The zero-order chi connectivity index (χ0) is 22.1. The first-order chi connectivity index (χ1) is 14.8. The van der Waals surface area contributed by atoms with Crippen molar-refractivity contribution in [2.24, 2.45) is 5.92 Å². The summed E-state index contributed by atoms with van der Waals surface area (Å²) in [4.78, 5) is 34.5. The molecule has 0 saturated carbocycles. The third-order valence-electron chi connectivity index (χ3n) is 6.40. The van der Waals surface area contributed by atoms with Gasteiger partial charge >= 0.3 is 0 Å². The van der Waals surface area contributed by atoms with Crippen LogP contribution in [0.5, 0.6) is 0 Å². The zero-order valence-corrected chi connectivity index (χ0v) is 18.9. The minimum absolute atomic E-state index is 0.0116. The van der Waals surface area contributed by atoms with Gasteiger partial charge in [-0.3, -0.25) is 9.59 Å². The SMILES string of the molecule is Cc1cc(C(=O)N2CCC(C(=O)N3CC(C)OC(C)C3)CC2)c(C)n1-c1ccccn1. The Morgan fingerprint density at radius 2 is 1.71 bits per heavy atom. The number of rotatable bonds is 3. The number of likely N-dealkylation sites (tertiary alicyclic amines) is 1. The average molecular weight is 425 g/mol. The molecule has 2 aromatic rings. The van der Waals surface area contributed by atoms with Gasteiger partial charge in [-0.25, -0.2) is 4.98 Å². The molecule has 0 aliphatic carbocycles. The number of piperidine rings is 1. The van der Waals surface area contributed by atoms with Gasteiger partial charge < -0.3 is 19.1 Å². The second-order valence-electron chi connectivity index (χ2n) is 8.88. The van der Waals surface area contributed by atoms with Crippen molar-refractivity contribution in [2.75, 3.05) is 26.2 Å². The molecule has 0 radical (unpaired) electrons. The van der Waals surface area contributed by atoms with Gasteiger partial charge in [-0.1, -0.05) is 6.07 Å². The molecule has 4 heterocycles. The summed E-state index contributed by atoms with van der Waals surface area (Å²) in [6, 6.07) is 7.71. The normalized spacial score (nSPS) is 22.6. The van der Waals surface area contributed by atoms with Crippen molar-refractivity contribution in [3.63, 3.8) is 0 Å². The monoisotopic (exact) mass is 424 g/mol. The van der Waals surface area contributed by atoms with E-state index in [2.05, 4.69) is 4.98 Å². The number of aromatic nitrogens is 2. The molecule has 0 N–H and O–H groups in total. The van der Waals surface area contributed by atoms with Gasteiger partial charge in [0.25, 0.3) is 5.91 Å². The van der Waals surface area contributed by atoms with Crippen LogP contribution in [0.1, 0.15) is 48.4 Å². The van der Waals surface area contributed by atoms with E-state index < -0.39 is 0 Å². The fourth-order valence-electron chi connectivity index (χ4n) is 4.93. The van der Waals surface area contributed by atoms with Crippen LogP contribution >= 0.6 is 0 Å². The third kappa shape index (κ3) is 4.37. The van der Waals surface area contributed by atoms with Crippen LogP contribution in [0.4, 0.5) is 0 Å². The van der Waals surface area contributed by atoms with Gasteiger partial charge in [0.15, 0.2) is 0 Å². The lowest BCUT2D eigenvalue weighted by Gasteiger charge is -2.39. The minimum atomic E-state index is -0.0116. The summed E-state index contributed by atoms with van der Waals surface area (Å²) in [6.45, 7) is 10.5. The lowest BCUT2D eigenvalue weighted by Crippen LogP contribution is -2.51. The Kier molecular flexibility index (Phi) is 6.14. The molecular formula is C24H32N4O3. The molecule has 2 aliphatic heterocycles. The van der Waals surface area contributed by atoms with E-state index in [1.165, 1.54) is 0 Å². The van der Waals surface area contributed by atoms with Gasteiger partial charge in [-0.2, -0.15) is 0 Å². The van der Waals surface area contributed by atoms with E-state index in [-0.39, 0.29) is 29.9 Å². The second kappa shape index (κ2) is 8.83. The molecule has 7 nitrogen and oxygen atoms in total. The highest BCUT2D eigenvalue weighted by Crippen LogP contribution is 2.26. The van der Waals surface area contributed by atoms with Crippen LogP contribution in [-0.4, -0.2) is 69.6 Å². The molecule has 31 heavy (non-hydrogen) atoms. The molecule has 2 atom stereocenters. The first kappa shape index (κ1) is 21.6. The van der Waals surface area contributed by atoms with Crippen LogP contribution in [-0.2, 0) is 9.53 Å². The number of hydrogen-bond donors (Lipinski definition) is 0. The summed E-state index contributed by atoms with van der Waals surface area (Å²) >= 11 is 0. The molecule has 2 aromatic heterocycles. The molecule has 4 rings (SSSR count). The lowest BCUT2D eigenvalue weighted by atomic mass is 9.94. The van der Waals surface area contributed by atoms with E-state index in [0.717, 1.165) is 17.2 Å². The summed E-state index contributed by atoms with van der Waals surface area (Å²) in [6.07, 6.45) is 3.33. The maximum absolute atomic E-state index is 13.3. The first-order valence-corrected chi connectivity index (χ1v) is 11.2. The summed E-state index contributed by atoms with van der Waals surface area (Å²) in [7, 11) is 0. The van der Waals surface area contributed by atoms with Crippen molar-refractivity contribution < 1.29 is 14.3 Å². The van der Waals surface area contributed by atoms with Crippen molar-refractivity contribution in [1.82, 2.24) is 19.4 Å². The zero-order valence-electron chi connectivity index (χ0n) is 18.9. The molecular weight excluding hydrogens is 392 g/mol. The van der Waals surface area contributed by atoms with Gasteiger partial charge in [0.05, 0.1) is 17.8 Å². The first-order valence-electron chi connectivity index (χ1n) is 11.2. The smallest absolute Gasteiger partial charge is 0.255 e. The Labute approximate surface area is 184 Å². The van der Waals surface area contributed by atoms with Crippen molar-refractivity contribution in [3.05, 3.63) is 47.4 Å². The third-order valence-corrected chi connectivity index (χ3v) is 6.40. The number of amides is 2. The topological polar surface area (TPSA) is 67.7 Å². The molecule has 0 aromatic carbocycles. The van der Waals surface area contributed by atoms with Gasteiger partial charge in [0.1, 0.15) is 5.82 Å². The Balaban J connectivity index is 1.42. The number of carbonyl (C=O) groups is 2. The van der Waals surface area contributed by atoms with E-state index in [4.69, 9.17) is 4.74 Å².